The molecule has 1 aromatic heterocycles. The second kappa shape index (κ2) is 10.2. The quantitative estimate of drug-likeness (QED) is 0.409. The van der Waals surface area contributed by atoms with Gasteiger partial charge in [0.05, 0.1) is 28.3 Å². The summed E-state index contributed by atoms with van der Waals surface area (Å²) in [5.74, 6) is -0.953. The molecule has 0 aliphatic rings. The van der Waals surface area contributed by atoms with Gasteiger partial charge in [-0.1, -0.05) is 46.7 Å². The van der Waals surface area contributed by atoms with Crippen LogP contribution in [0.25, 0.3) is 0 Å². The Labute approximate surface area is 200 Å². The zero-order valence-electron chi connectivity index (χ0n) is 17.6. The SMILES string of the molecule is CN(C)CCN(C)c1ccccc1Nc1cc(F)c(S(=O)(=O)Nc2ncc(Cl)s2)cc1Cl. The summed E-state index contributed by atoms with van der Waals surface area (Å²) >= 11 is 13.0. The number of hydrogen-bond donors (Lipinski definition) is 2. The summed E-state index contributed by atoms with van der Waals surface area (Å²) in [4.78, 5) is 7.38. The molecular weight excluding hydrogens is 496 g/mol. The fourth-order valence-electron chi connectivity index (χ4n) is 2.83. The molecule has 0 radical (unpaired) electrons. The lowest BCUT2D eigenvalue weighted by molar-refractivity contribution is 0.416. The van der Waals surface area contributed by atoms with Crippen LogP contribution in [0.2, 0.25) is 9.36 Å². The van der Waals surface area contributed by atoms with Gasteiger partial charge in [-0.25, -0.2) is 17.8 Å². The minimum Gasteiger partial charge on any atom is -0.372 e. The number of sulfonamides is 1. The number of anilines is 4. The molecule has 1 heterocycles. The molecule has 0 saturated heterocycles. The van der Waals surface area contributed by atoms with E-state index in [0.717, 1.165) is 42.2 Å². The van der Waals surface area contributed by atoms with E-state index in [4.69, 9.17) is 23.2 Å². The molecule has 0 aliphatic heterocycles. The first-order valence-corrected chi connectivity index (χ1v) is 12.5. The van der Waals surface area contributed by atoms with E-state index < -0.39 is 20.7 Å². The summed E-state index contributed by atoms with van der Waals surface area (Å²) in [6.45, 7) is 1.63. The highest BCUT2D eigenvalue weighted by atomic mass is 35.5. The Bertz CT molecular complexity index is 1200. The second-order valence-electron chi connectivity index (χ2n) is 7.20. The molecule has 2 aromatic carbocycles. The molecule has 2 N–H and O–H groups in total. The first kappa shape index (κ1) is 24.5. The standard InChI is InChI=1S/C20H22Cl2FN5O2S2/c1-27(2)8-9-28(3)17-7-5-4-6-15(17)25-16-11-14(23)18(10-13(16)21)32(29,30)26-20-24-12-19(22)31-20/h4-7,10-12,25H,8-9H2,1-3H3,(H,24,26). The van der Waals surface area contributed by atoms with E-state index in [1.165, 1.54) is 6.20 Å². The van der Waals surface area contributed by atoms with Gasteiger partial charge in [0.15, 0.2) is 5.13 Å². The van der Waals surface area contributed by atoms with Gasteiger partial charge in [-0.15, -0.1) is 0 Å². The van der Waals surface area contributed by atoms with Crippen LogP contribution in [-0.2, 0) is 10.0 Å². The maximum absolute atomic E-state index is 14.8. The van der Waals surface area contributed by atoms with Gasteiger partial charge >= 0.3 is 0 Å². The van der Waals surface area contributed by atoms with Gasteiger partial charge in [0, 0.05) is 26.2 Å². The molecule has 172 valence electrons. The summed E-state index contributed by atoms with van der Waals surface area (Å²) in [7, 11) is 1.70. The number of nitrogens with zero attached hydrogens (tertiary/aromatic N) is 3. The van der Waals surface area contributed by atoms with Gasteiger partial charge in [-0.05, 0) is 32.3 Å². The van der Waals surface area contributed by atoms with Crippen molar-refractivity contribution in [2.24, 2.45) is 0 Å². The zero-order valence-corrected chi connectivity index (χ0v) is 20.7. The predicted octanol–water partition coefficient (Wildman–Crippen LogP) is 5.13. The summed E-state index contributed by atoms with van der Waals surface area (Å²) in [5.41, 5.74) is 1.85. The Balaban J connectivity index is 1.86. The van der Waals surface area contributed by atoms with E-state index in [0.29, 0.717) is 10.0 Å². The van der Waals surface area contributed by atoms with Crippen molar-refractivity contribution < 1.29 is 12.8 Å². The molecule has 0 atom stereocenters. The first-order valence-electron chi connectivity index (χ1n) is 9.42. The van der Waals surface area contributed by atoms with Crippen molar-refractivity contribution in [1.82, 2.24) is 9.88 Å². The molecule has 0 aliphatic carbocycles. The largest absolute Gasteiger partial charge is 0.372 e. The summed E-state index contributed by atoms with van der Waals surface area (Å²) in [5, 5.41) is 3.19. The minimum atomic E-state index is -4.24. The average molecular weight is 518 g/mol. The number of likely N-dealkylation sites (N-methyl/N-ethyl adjacent to an activating group) is 2. The lowest BCUT2D eigenvalue weighted by Crippen LogP contribution is -2.28. The van der Waals surface area contributed by atoms with Crippen LogP contribution in [0.15, 0.2) is 47.5 Å². The minimum absolute atomic E-state index is 0.0300. The van der Waals surface area contributed by atoms with Gasteiger partial charge < -0.3 is 15.1 Å². The van der Waals surface area contributed by atoms with Crippen molar-refractivity contribution >= 4 is 66.8 Å². The lowest BCUT2D eigenvalue weighted by Gasteiger charge is -2.24. The smallest absolute Gasteiger partial charge is 0.266 e. The summed E-state index contributed by atoms with van der Waals surface area (Å²) in [6, 6.07) is 9.65. The third-order valence-corrected chi connectivity index (χ3v) is 7.30. The molecule has 12 heteroatoms. The highest BCUT2D eigenvalue weighted by Crippen LogP contribution is 2.34. The van der Waals surface area contributed by atoms with Crippen molar-refractivity contribution in [1.29, 1.82) is 0 Å². The second-order valence-corrected chi connectivity index (χ2v) is 10.9. The molecule has 7 nitrogen and oxygen atoms in total. The van der Waals surface area contributed by atoms with E-state index in [1.807, 2.05) is 45.4 Å². The van der Waals surface area contributed by atoms with Crippen molar-refractivity contribution in [3.8, 4) is 0 Å². The summed E-state index contributed by atoms with van der Waals surface area (Å²) in [6.07, 6.45) is 1.30. The van der Waals surface area contributed by atoms with Gasteiger partial charge in [0.1, 0.15) is 15.0 Å². The van der Waals surface area contributed by atoms with Gasteiger partial charge in [0.2, 0.25) is 0 Å². The monoisotopic (exact) mass is 517 g/mol. The van der Waals surface area contributed by atoms with Crippen molar-refractivity contribution in [2.75, 3.05) is 49.2 Å². The first-order chi connectivity index (χ1) is 15.1. The maximum atomic E-state index is 14.8. The topological polar surface area (TPSA) is 77.6 Å². The lowest BCUT2D eigenvalue weighted by atomic mass is 10.2. The van der Waals surface area contributed by atoms with Crippen LogP contribution in [-0.4, -0.2) is 52.5 Å². The van der Waals surface area contributed by atoms with Gasteiger partial charge in [-0.3, -0.25) is 4.72 Å². The van der Waals surface area contributed by atoms with Crippen molar-refractivity contribution in [3.05, 3.63) is 57.8 Å². The van der Waals surface area contributed by atoms with Crippen LogP contribution in [0.1, 0.15) is 0 Å². The van der Waals surface area contributed by atoms with E-state index >= 15 is 0 Å². The van der Waals surface area contributed by atoms with Gasteiger partial charge in [-0.2, -0.15) is 0 Å². The van der Waals surface area contributed by atoms with Crippen LogP contribution in [0.3, 0.4) is 0 Å². The van der Waals surface area contributed by atoms with Crippen molar-refractivity contribution in [2.45, 2.75) is 4.90 Å². The van der Waals surface area contributed by atoms with E-state index in [1.54, 1.807) is 0 Å². The average Bonchev–Trinajstić information content (AvgIpc) is 3.12. The van der Waals surface area contributed by atoms with Gasteiger partial charge in [0.25, 0.3) is 10.0 Å². The number of benzene rings is 2. The number of nitrogens with one attached hydrogen (secondary N) is 2. The molecule has 3 rings (SSSR count). The molecular formula is C20H22Cl2FN5O2S2. The Morgan fingerprint density at radius 2 is 1.81 bits per heavy atom. The van der Waals surface area contributed by atoms with Crippen molar-refractivity contribution in [3.63, 3.8) is 0 Å². The highest BCUT2D eigenvalue weighted by molar-refractivity contribution is 7.93. The number of hydrogen-bond acceptors (Lipinski definition) is 7. The zero-order chi connectivity index (χ0) is 23.5. The number of aromatic nitrogens is 1. The molecule has 0 spiro atoms. The van der Waals surface area contributed by atoms with Crippen LogP contribution in [0.5, 0.6) is 0 Å². The highest BCUT2D eigenvalue weighted by Gasteiger charge is 2.23. The molecule has 0 saturated carbocycles. The molecule has 0 unspecified atom stereocenters. The van der Waals surface area contributed by atoms with Crippen LogP contribution < -0.4 is 14.9 Å². The molecule has 0 bridgehead atoms. The Kier molecular flexibility index (Phi) is 7.84. The Morgan fingerprint density at radius 1 is 1.09 bits per heavy atom. The Morgan fingerprint density at radius 3 is 2.47 bits per heavy atom. The van der Waals surface area contributed by atoms with Crippen LogP contribution >= 0.6 is 34.5 Å². The number of halogens is 3. The van der Waals surface area contributed by atoms with Crippen LogP contribution in [0.4, 0.5) is 26.6 Å². The summed E-state index contributed by atoms with van der Waals surface area (Å²) < 4.78 is 42.5. The predicted molar refractivity (Wildman–Crippen MR) is 131 cm³/mol. The molecule has 3 aromatic rings. The normalized spacial score (nSPS) is 11.6. The third-order valence-electron chi connectivity index (χ3n) is 4.48. The molecule has 32 heavy (non-hydrogen) atoms. The third kappa shape index (κ3) is 6.02. The number of para-hydroxylation sites is 2. The fourth-order valence-corrected chi connectivity index (χ4v) is 5.25. The molecule has 0 fully saturated rings. The molecule has 0 amide bonds. The number of rotatable bonds is 9. The Hall–Kier alpha value is -2.11. The maximum Gasteiger partial charge on any atom is 0.266 e. The van der Waals surface area contributed by atoms with Crippen LogP contribution in [0, 0.1) is 5.82 Å². The number of thiazole rings is 1. The van der Waals surface area contributed by atoms with E-state index in [2.05, 4.69) is 24.8 Å². The van der Waals surface area contributed by atoms with E-state index in [9.17, 15) is 12.8 Å². The fraction of sp³-hybridized carbons (Fsp3) is 0.250. The van der Waals surface area contributed by atoms with E-state index in [-0.39, 0.29) is 15.8 Å².